The van der Waals surface area contributed by atoms with Crippen molar-refractivity contribution in [2.24, 2.45) is 0 Å². The van der Waals surface area contributed by atoms with Crippen LogP contribution in [0.1, 0.15) is 12.6 Å². The molecule has 2 aromatic rings. The van der Waals surface area contributed by atoms with Crippen molar-refractivity contribution in [2.45, 2.75) is 13.3 Å². The first-order valence-electron chi connectivity index (χ1n) is 3.54. The van der Waals surface area contributed by atoms with Gasteiger partial charge in [-0.3, -0.25) is 0 Å². The van der Waals surface area contributed by atoms with Crippen LogP contribution in [-0.4, -0.2) is 19.9 Å². The summed E-state index contributed by atoms with van der Waals surface area (Å²) in [5.74, 6) is 0. The molecule has 0 amide bonds. The molecule has 0 fully saturated rings. The summed E-state index contributed by atoms with van der Waals surface area (Å²) in [6, 6.07) is 0. The smallest absolute Gasteiger partial charge is 0.358 e. The molecule has 0 saturated carbocycles. The second-order valence-electron chi connectivity index (χ2n) is 2.28. The van der Waals surface area contributed by atoms with Gasteiger partial charge in [0.15, 0.2) is 5.65 Å². The predicted octanol–water partition coefficient (Wildman–Crippen LogP) is -1.63. The molecular weight excluding hydrogens is 191 g/mol. The van der Waals surface area contributed by atoms with Crippen LogP contribution in [0.3, 0.4) is 0 Å². The van der Waals surface area contributed by atoms with Crippen LogP contribution in [-0.2, 0) is 6.42 Å². The molecule has 64 valence electrons. The summed E-state index contributed by atoms with van der Waals surface area (Å²) in [4.78, 5) is 15.1. The number of nitrogens with zero attached hydrogens (tertiary/aromatic N) is 3. The maximum absolute atomic E-state index is 4.12. The maximum Gasteiger partial charge on any atom is 1.00 e. The molecule has 0 radical (unpaired) electrons. The first kappa shape index (κ1) is 13.2. The van der Waals surface area contributed by atoms with Crippen molar-refractivity contribution < 1.29 is 51.4 Å². The monoisotopic (exact) mass is 202 g/mol. The molecule has 0 aliphatic heterocycles. The minimum atomic E-state index is 0. The molecule has 0 spiro atoms. The summed E-state index contributed by atoms with van der Waals surface area (Å²) in [6.45, 7) is 2.06. The van der Waals surface area contributed by atoms with Gasteiger partial charge in [-0.05, 0) is 6.42 Å². The number of imidazole rings is 1. The van der Waals surface area contributed by atoms with Crippen LogP contribution in [0.25, 0.3) is 11.2 Å². The minimum Gasteiger partial charge on any atom is -0.358 e. The third-order valence-corrected chi connectivity index (χ3v) is 1.64. The van der Waals surface area contributed by atoms with E-state index in [4.69, 9.17) is 0 Å². The van der Waals surface area contributed by atoms with Crippen LogP contribution in [0, 0.1) is 7.43 Å². The van der Waals surface area contributed by atoms with Crippen molar-refractivity contribution in [3.05, 3.63) is 25.8 Å². The molecule has 1 N–H and O–H groups in total. The first-order valence-corrected chi connectivity index (χ1v) is 3.54. The Morgan fingerprint density at radius 2 is 2.08 bits per heavy atom. The fourth-order valence-electron chi connectivity index (χ4n) is 1.08. The molecule has 0 aromatic carbocycles. The van der Waals surface area contributed by atoms with Gasteiger partial charge in [0.25, 0.3) is 0 Å². The Balaban J connectivity index is 0.000000720. The zero-order valence-corrected chi connectivity index (χ0v) is 11.3. The molecule has 2 rings (SSSR count). The second kappa shape index (κ2) is 5.82. The van der Waals surface area contributed by atoms with E-state index < -0.39 is 0 Å². The van der Waals surface area contributed by atoms with Crippen molar-refractivity contribution in [2.75, 3.05) is 0 Å². The van der Waals surface area contributed by atoms with E-state index in [0.717, 1.165) is 23.3 Å². The summed E-state index contributed by atoms with van der Waals surface area (Å²) < 4.78 is 0. The number of H-pyrrole nitrogens is 1. The van der Waals surface area contributed by atoms with E-state index in [1.54, 1.807) is 12.7 Å². The Hall–Kier alpha value is 0.186. The van der Waals surface area contributed by atoms with Gasteiger partial charge in [0, 0.05) is 0 Å². The molecule has 4 nitrogen and oxygen atoms in total. The molecule has 0 atom stereocenters. The van der Waals surface area contributed by atoms with E-state index in [1.165, 1.54) is 0 Å². The van der Waals surface area contributed by atoms with Gasteiger partial charge in [-0.15, -0.1) is 0 Å². The van der Waals surface area contributed by atoms with Crippen molar-refractivity contribution in [1.29, 1.82) is 0 Å². The number of rotatable bonds is 1. The average molecular weight is 202 g/mol. The van der Waals surface area contributed by atoms with E-state index in [2.05, 4.69) is 26.9 Å². The first-order chi connectivity index (χ1) is 5.42. The molecule has 2 aromatic heterocycles. The molecule has 13 heavy (non-hydrogen) atoms. The summed E-state index contributed by atoms with van der Waals surface area (Å²) in [7, 11) is 0. The van der Waals surface area contributed by atoms with Crippen LogP contribution < -0.4 is 51.4 Å². The third kappa shape index (κ3) is 2.57. The van der Waals surface area contributed by atoms with E-state index in [1.807, 2.05) is 0 Å². The van der Waals surface area contributed by atoms with Crippen molar-refractivity contribution in [3.63, 3.8) is 0 Å². The van der Waals surface area contributed by atoms with Gasteiger partial charge < -0.3 is 12.4 Å². The zero-order chi connectivity index (χ0) is 7.68. The fraction of sp³-hybridized carbons (Fsp3) is 0.250. The van der Waals surface area contributed by atoms with Gasteiger partial charge in [-0.25, -0.2) is 15.0 Å². The SMILES string of the molecule is CCc1ncnc2nc[nH]c12.[CH3-].[K+]. The number of aromatic amines is 1. The molecule has 0 saturated heterocycles. The largest absolute Gasteiger partial charge is 1.00 e. The molecule has 0 aliphatic rings. The Bertz CT molecular complexity index is 371. The Morgan fingerprint density at radius 3 is 2.77 bits per heavy atom. The van der Waals surface area contributed by atoms with Gasteiger partial charge in [0.1, 0.15) is 11.8 Å². The standard InChI is InChI=1S/C7H8N4.CH3.K/c1-2-5-6-7(10-3-8-5)11-4-9-6;;/h3-4H,2H2,1H3,(H,8,9,10,11);1H3;/q;-1;+1. The molecule has 2 heterocycles. The van der Waals surface area contributed by atoms with Crippen LogP contribution in [0.2, 0.25) is 0 Å². The Kier molecular flexibility index (Phi) is 5.90. The van der Waals surface area contributed by atoms with Gasteiger partial charge in [-0.1, -0.05) is 6.92 Å². The van der Waals surface area contributed by atoms with E-state index in [9.17, 15) is 0 Å². The van der Waals surface area contributed by atoms with Crippen LogP contribution >= 0.6 is 0 Å². The number of aryl methyl sites for hydroxylation is 1. The van der Waals surface area contributed by atoms with Crippen molar-refractivity contribution >= 4 is 11.2 Å². The van der Waals surface area contributed by atoms with E-state index >= 15 is 0 Å². The molecule has 5 heteroatoms. The van der Waals surface area contributed by atoms with Crippen molar-refractivity contribution in [1.82, 2.24) is 19.9 Å². The third-order valence-electron chi connectivity index (χ3n) is 1.64. The number of hydrogen-bond acceptors (Lipinski definition) is 3. The van der Waals surface area contributed by atoms with Crippen LogP contribution in [0.4, 0.5) is 0 Å². The van der Waals surface area contributed by atoms with Gasteiger partial charge in [0.2, 0.25) is 0 Å². The minimum absolute atomic E-state index is 0. The number of fused-ring (bicyclic) bond motifs is 1. The number of hydrogen-bond donors (Lipinski definition) is 1. The average Bonchev–Trinajstić information content (AvgIpc) is 2.50. The molecular formula is C8H11KN4. The Labute approximate surface area is 120 Å². The molecule has 0 unspecified atom stereocenters. The Morgan fingerprint density at radius 1 is 1.31 bits per heavy atom. The van der Waals surface area contributed by atoms with Gasteiger partial charge >= 0.3 is 51.4 Å². The maximum atomic E-state index is 4.12. The van der Waals surface area contributed by atoms with Crippen LogP contribution in [0.15, 0.2) is 12.7 Å². The topological polar surface area (TPSA) is 54.5 Å². The summed E-state index contributed by atoms with van der Waals surface area (Å²) in [6.07, 6.45) is 4.09. The molecule has 0 aliphatic carbocycles. The zero-order valence-electron chi connectivity index (χ0n) is 8.20. The number of aromatic nitrogens is 4. The second-order valence-corrected chi connectivity index (χ2v) is 2.28. The van der Waals surface area contributed by atoms with Gasteiger partial charge in [-0.2, -0.15) is 0 Å². The quantitative estimate of drug-likeness (QED) is 0.446. The van der Waals surface area contributed by atoms with E-state index in [-0.39, 0.29) is 58.8 Å². The summed E-state index contributed by atoms with van der Waals surface area (Å²) >= 11 is 0. The predicted molar refractivity (Wildman–Crippen MR) is 47.5 cm³/mol. The van der Waals surface area contributed by atoms with Crippen LogP contribution in [0.5, 0.6) is 0 Å². The normalized spacial score (nSPS) is 9.00. The molecule has 0 bridgehead atoms. The van der Waals surface area contributed by atoms with Crippen molar-refractivity contribution in [3.8, 4) is 0 Å². The van der Waals surface area contributed by atoms with Gasteiger partial charge in [0.05, 0.1) is 12.0 Å². The number of nitrogens with one attached hydrogen (secondary N) is 1. The summed E-state index contributed by atoms with van der Waals surface area (Å²) in [5, 5.41) is 0. The fourth-order valence-corrected chi connectivity index (χ4v) is 1.08. The van der Waals surface area contributed by atoms with E-state index in [0.29, 0.717) is 0 Å². The summed E-state index contributed by atoms with van der Waals surface area (Å²) in [5.41, 5.74) is 2.72.